The van der Waals surface area contributed by atoms with Gasteiger partial charge in [0.2, 0.25) is 10.0 Å². The van der Waals surface area contributed by atoms with E-state index in [1.165, 1.54) is 12.8 Å². The summed E-state index contributed by atoms with van der Waals surface area (Å²) in [5.74, 6) is 0.661. The Morgan fingerprint density at radius 1 is 1.40 bits per heavy atom. The molecule has 0 atom stereocenters. The zero-order chi connectivity index (χ0) is 14.3. The van der Waals surface area contributed by atoms with Crippen LogP contribution in [0.15, 0.2) is 20.0 Å². The minimum atomic E-state index is -3.46. The summed E-state index contributed by atoms with van der Waals surface area (Å²) in [6, 6.07) is 2.37. The van der Waals surface area contributed by atoms with Crippen molar-refractivity contribution < 1.29 is 12.8 Å². The highest BCUT2D eigenvalue weighted by molar-refractivity contribution is 9.10. The number of hydrogen-bond acceptors (Lipinski definition) is 4. The van der Waals surface area contributed by atoms with E-state index < -0.39 is 10.0 Å². The molecule has 5 nitrogen and oxygen atoms in total. The second-order valence-corrected chi connectivity index (χ2v) is 8.02. The molecule has 0 bridgehead atoms. The van der Waals surface area contributed by atoms with E-state index in [-0.39, 0.29) is 10.9 Å². The van der Waals surface area contributed by atoms with Gasteiger partial charge in [-0.05, 0) is 41.6 Å². The Bertz CT molecular complexity index is 591. The maximum Gasteiger partial charge on any atom is 0.247 e. The molecule has 2 aliphatic rings. The zero-order valence-corrected chi connectivity index (χ0v) is 13.8. The fraction of sp³-hybridized carbons (Fsp3) is 0.692. The van der Waals surface area contributed by atoms with E-state index in [0.29, 0.717) is 29.6 Å². The fourth-order valence-electron chi connectivity index (χ4n) is 2.31. The van der Waals surface area contributed by atoms with Gasteiger partial charge in [0.25, 0.3) is 0 Å². The molecule has 112 valence electrons. The summed E-state index contributed by atoms with van der Waals surface area (Å²) < 4.78 is 32.7. The van der Waals surface area contributed by atoms with E-state index in [2.05, 4.69) is 21.2 Å². The Morgan fingerprint density at radius 2 is 2.10 bits per heavy atom. The first-order chi connectivity index (χ1) is 9.52. The quantitative estimate of drug-likeness (QED) is 0.809. The van der Waals surface area contributed by atoms with Crippen LogP contribution in [-0.4, -0.2) is 31.4 Å². The largest absolute Gasteiger partial charge is 0.452 e. The minimum absolute atomic E-state index is 0.167. The van der Waals surface area contributed by atoms with Crippen LogP contribution in [0.1, 0.15) is 38.4 Å². The van der Waals surface area contributed by atoms with Gasteiger partial charge in [0, 0.05) is 24.7 Å². The standard InChI is InChI=1S/C13H19BrN2O3S/c1-2-16(10-5-6-10)20(17,18)12-7-11(19-13(12)14)8-15-9-3-4-9/h7,9-10,15H,2-6,8H2,1H3. The second kappa shape index (κ2) is 5.44. The van der Waals surface area contributed by atoms with Crippen molar-refractivity contribution in [3.8, 4) is 0 Å². The van der Waals surface area contributed by atoms with E-state index in [4.69, 9.17) is 4.42 Å². The number of hydrogen-bond donors (Lipinski definition) is 1. The first kappa shape index (κ1) is 14.6. The van der Waals surface area contributed by atoms with Gasteiger partial charge in [0.05, 0.1) is 6.54 Å². The SMILES string of the molecule is CCN(C1CC1)S(=O)(=O)c1cc(CNC2CC2)oc1Br. The molecule has 0 aliphatic heterocycles. The lowest BCUT2D eigenvalue weighted by atomic mass is 10.4. The molecule has 0 saturated heterocycles. The van der Waals surface area contributed by atoms with Gasteiger partial charge in [0.15, 0.2) is 4.67 Å². The number of furan rings is 1. The summed E-state index contributed by atoms with van der Waals surface area (Å²) >= 11 is 3.24. The predicted octanol–water partition coefficient (Wildman–Crippen LogP) is 2.47. The second-order valence-electron chi connectivity index (χ2n) is 5.45. The molecular weight excluding hydrogens is 344 g/mol. The molecule has 0 radical (unpaired) electrons. The fourth-order valence-corrected chi connectivity index (χ4v) is 4.96. The number of rotatable bonds is 7. The molecule has 2 saturated carbocycles. The molecule has 1 N–H and O–H groups in total. The number of nitrogens with zero attached hydrogens (tertiary/aromatic N) is 1. The summed E-state index contributed by atoms with van der Waals surface area (Å²) in [6.07, 6.45) is 4.30. The maximum absolute atomic E-state index is 12.6. The smallest absolute Gasteiger partial charge is 0.247 e. The summed E-state index contributed by atoms with van der Waals surface area (Å²) in [6.45, 7) is 2.95. The monoisotopic (exact) mass is 362 g/mol. The zero-order valence-electron chi connectivity index (χ0n) is 11.4. The number of halogens is 1. The molecule has 0 spiro atoms. The van der Waals surface area contributed by atoms with Gasteiger partial charge in [-0.1, -0.05) is 6.92 Å². The van der Waals surface area contributed by atoms with Gasteiger partial charge in [0.1, 0.15) is 10.7 Å². The van der Waals surface area contributed by atoms with Crippen LogP contribution in [0.3, 0.4) is 0 Å². The van der Waals surface area contributed by atoms with Crippen molar-refractivity contribution in [2.45, 2.75) is 56.1 Å². The Kier molecular flexibility index (Phi) is 3.96. The van der Waals surface area contributed by atoms with Crippen LogP contribution in [0, 0.1) is 0 Å². The van der Waals surface area contributed by atoms with Gasteiger partial charge in [-0.15, -0.1) is 0 Å². The number of sulfonamides is 1. The van der Waals surface area contributed by atoms with Crippen molar-refractivity contribution >= 4 is 26.0 Å². The lowest BCUT2D eigenvalue weighted by Gasteiger charge is -2.18. The third-order valence-corrected chi connectivity index (χ3v) is 6.59. The van der Waals surface area contributed by atoms with Crippen LogP contribution in [0.5, 0.6) is 0 Å². The molecule has 1 aromatic rings. The molecule has 1 heterocycles. The van der Waals surface area contributed by atoms with Gasteiger partial charge in [-0.25, -0.2) is 8.42 Å². The van der Waals surface area contributed by atoms with Gasteiger partial charge < -0.3 is 9.73 Å². The average Bonchev–Trinajstić information content (AvgIpc) is 3.28. The van der Waals surface area contributed by atoms with E-state index in [1.807, 2.05) is 6.92 Å². The third kappa shape index (κ3) is 2.95. The van der Waals surface area contributed by atoms with Crippen LogP contribution in [-0.2, 0) is 16.6 Å². The van der Waals surface area contributed by atoms with Crippen molar-refractivity contribution in [3.63, 3.8) is 0 Å². The highest BCUT2D eigenvalue weighted by Crippen LogP contribution is 2.35. The van der Waals surface area contributed by atoms with Crippen molar-refractivity contribution in [1.29, 1.82) is 0 Å². The molecule has 20 heavy (non-hydrogen) atoms. The predicted molar refractivity (Wildman–Crippen MR) is 78.9 cm³/mol. The molecule has 2 fully saturated rings. The van der Waals surface area contributed by atoms with E-state index in [1.54, 1.807) is 10.4 Å². The van der Waals surface area contributed by atoms with Crippen LogP contribution < -0.4 is 5.32 Å². The number of nitrogens with one attached hydrogen (secondary N) is 1. The maximum atomic E-state index is 12.6. The van der Waals surface area contributed by atoms with E-state index in [0.717, 1.165) is 12.8 Å². The lowest BCUT2D eigenvalue weighted by molar-refractivity contribution is 0.417. The third-order valence-electron chi connectivity index (χ3n) is 3.70. The average molecular weight is 363 g/mol. The highest BCUT2D eigenvalue weighted by atomic mass is 79.9. The van der Waals surface area contributed by atoms with E-state index in [9.17, 15) is 8.42 Å². The summed E-state index contributed by atoms with van der Waals surface area (Å²) in [5, 5.41) is 3.32. The normalized spacial score (nSPS) is 19.8. The molecule has 7 heteroatoms. The highest BCUT2D eigenvalue weighted by Gasteiger charge is 2.38. The summed E-state index contributed by atoms with van der Waals surface area (Å²) in [7, 11) is -3.46. The van der Waals surface area contributed by atoms with Crippen LogP contribution >= 0.6 is 15.9 Å². The lowest BCUT2D eigenvalue weighted by Crippen LogP contribution is -2.32. The first-order valence-electron chi connectivity index (χ1n) is 7.05. The Labute approximate surface area is 127 Å². The Hall–Kier alpha value is -0.370. The van der Waals surface area contributed by atoms with Gasteiger partial charge >= 0.3 is 0 Å². The van der Waals surface area contributed by atoms with Gasteiger partial charge in [-0.2, -0.15) is 4.31 Å². The van der Waals surface area contributed by atoms with Crippen molar-refractivity contribution in [1.82, 2.24) is 9.62 Å². The Morgan fingerprint density at radius 3 is 2.65 bits per heavy atom. The molecular formula is C13H19BrN2O3S. The topological polar surface area (TPSA) is 62.6 Å². The molecule has 3 rings (SSSR count). The summed E-state index contributed by atoms with van der Waals surface area (Å²) in [5.41, 5.74) is 0. The van der Waals surface area contributed by atoms with Crippen molar-refractivity contribution in [3.05, 3.63) is 16.5 Å². The van der Waals surface area contributed by atoms with Crippen LogP contribution in [0.4, 0.5) is 0 Å². The van der Waals surface area contributed by atoms with Crippen LogP contribution in [0.25, 0.3) is 0 Å². The first-order valence-corrected chi connectivity index (χ1v) is 9.29. The molecule has 0 unspecified atom stereocenters. The summed E-state index contributed by atoms with van der Waals surface area (Å²) in [4.78, 5) is 0.249. The molecule has 2 aliphatic carbocycles. The van der Waals surface area contributed by atoms with Crippen molar-refractivity contribution in [2.24, 2.45) is 0 Å². The molecule has 0 aromatic carbocycles. The van der Waals surface area contributed by atoms with E-state index >= 15 is 0 Å². The van der Waals surface area contributed by atoms with Crippen molar-refractivity contribution in [2.75, 3.05) is 6.54 Å². The van der Waals surface area contributed by atoms with Crippen LogP contribution in [0.2, 0.25) is 0 Å². The minimum Gasteiger partial charge on any atom is -0.452 e. The van der Waals surface area contributed by atoms with Gasteiger partial charge in [-0.3, -0.25) is 0 Å². The molecule has 0 amide bonds. The molecule has 1 aromatic heterocycles. The Balaban J connectivity index is 1.80.